The maximum atomic E-state index is 11.7. The molecule has 0 saturated carbocycles. The average Bonchev–Trinajstić information content (AvgIpc) is 2.75. The topological polar surface area (TPSA) is 55.6 Å². The number of methoxy groups -OCH3 is 1. The molecule has 1 aliphatic heterocycles. The summed E-state index contributed by atoms with van der Waals surface area (Å²) in [7, 11) is 1.39. The zero-order valence-electron chi connectivity index (χ0n) is 11.6. The summed E-state index contributed by atoms with van der Waals surface area (Å²) in [6.45, 7) is 4.34. The minimum absolute atomic E-state index is 0.339. The van der Waals surface area contributed by atoms with Gasteiger partial charge in [-0.05, 0) is 25.0 Å². The molecule has 0 aromatic carbocycles. The number of nitrogens with zero attached hydrogens (tertiary/aromatic N) is 1. The van der Waals surface area contributed by atoms with Crippen molar-refractivity contribution in [2.45, 2.75) is 24.7 Å². The maximum Gasteiger partial charge on any atom is 0.350 e. The molecule has 2 rings (SSSR count). The van der Waals surface area contributed by atoms with Crippen LogP contribution >= 0.6 is 23.1 Å². The van der Waals surface area contributed by atoms with Gasteiger partial charge in [0.1, 0.15) is 9.88 Å². The molecule has 0 bridgehead atoms. The molecule has 0 aliphatic carbocycles. The normalized spacial score (nSPS) is 19.5. The molecule has 1 aromatic rings. The number of hydrogen-bond acceptors (Lipinski definition) is 6. The van der Waals surface area contributed by atoms with Crippen LogP contribution in [0.25, 0.3) is 0 Å². The van der Waals surface area contributed by atoms with E-state index in [4.69, 9.17) is 10.5 Å². The highest BCUT2D eigenvalue weighted by atomic mass is 32.2. The second-order valence-electron chi connectivity index (χ2n) is 4.87. The molecule has 1 unspecified atom stereocenters. The van der Waals surface area contributed by atoms with E-state index >= 15 is 0 Å². The number of carbonyl (C=O) groups excluding carboxylic acids is 1. The minimum atomic E-state index is -0.339. The van der Waals surface area contributed by atoms with E-state index < -0.39 is 0 Å². The monoisotopic (exact) mass is 300 g/mol. The van der Waals surface area contributed by atoms with Crippen molar-refractivity contribution < 1.29 is 9.53 Å². The van der Waals surface area contributed by atoms with Gasteiger partial charge in [-0.25, -0.2) is 4.79 Å². The van der Waals surface area contributed by atoms with Crippen LogP contribution in [0.4, 0.5) is 10.7 Å². The van der Waals surface area contributed by atoms with Gasteiger partial charge >= 0.3 is 5.97 Å². The molecule has 4 nitrogen and oxygen atoms in total. The fourth-order valence-corrected chi connectivity index (χ4v) is 4.57. The predicted molar refractivity (Wildman–Crippen MR) is 82.5 cm³/mol. The lowest BCUT2D eigenvalue weighted by atomic mass is 10.0. The fraction of sp³-hybridized carbons (Fsp3) is 0.615. The van der Waals surface area contributed by atoms with Gasteiger partial charge in [0.15, 0.2) is 0 Å². The van der Waals surface area contributed by atoms with Crippen LogP contribution in [0.15, 0.2) is 4.90 Å². The molecule has 0 spiro atoms. The molecule has 2 N–H and O–H groups in total. The maximum absolute atomic E-state index is 11.7. The summed E-state index contributed by atoms with van der Waals surface area (Å²) < 4.78 is 4.80. The Morgan fingerprint density at radius 1 is 1.58 bits per heavy atom. The lowest BCUT2D eigenvalue weighted by molar-refractivity contribution is 0.0607. The first kappa shape index (κ1) is 14.5. The summed E-state index contributed by atoms with van der Waals surface area (Å²) in [5.74, 6) is 0.350. The Morgan fingerprint density at radius 3 is 2.89 bits per heavy atom. The highest BCUT2D eigenvalue weighted by molar-refractivity contribution is 7.99. The number of piperidine rings is 1. The van der Waals surface area contributed by atoms with Crippen molar-refractivity contribution in [2.75, 3.05) is 37.1 Å². The first-order valence-electron chi connectivity index (χ1n) is 6.38. The van der Waals surface area contributed by atoms with Gasteiger partial charge in [0.05, 0.1) is 17.7 Å². The van der Waals surface area contributed by atoms with Crippen molar-refractivity contribution in [3.8, 4) is 0 Å². The molecule has 6 heteroatoms. The SMILES string of the molecule is COC(=O)c1sc(N2CCCC(C)C2)c(SC)c1N. The third-order valence-electron chi connectivity index (χ3n) is 3.40. The van der Waals surface area contributed by atoms with E-state index in [2.05, 4.69) is 11.8 Å². The Labute approximate surface area is 122 Å². The lowest BCUT2D eigenvalue weighted by Crippen LogP contribution is -2.33. The van der Waals surface area contributed by atoms with Gasteiger partial charge in [-0.15, -0.1) is 23.1 Å². The summed E-state index contributed by atoms with van der Waals surface area (Å²) in [4.78, 5) is 15.6. The zero-order valence-corrected chi connectivity index (χ0v) is 13.2. The number of thioether (sulfide) groups is 1. The molecule has 2 heterocycles. The molecule has 1 aromatic heterocycles. The Hall–Kier alpha value is -0.880. The smallest absolute Gasteiger partial charge is 0.350 e. The van der Waals surface area contributed by atoms with E-state index in [-0.39, 0.29) is 5.97 Å². The molecule has 106 valence electrons. The summed E-state index contributed by atoms with van der Waals surface area (Å²) in [5.41, 5.74) is 6.66. The zero-order chi connectivity index (χ0) is 14.0. The van der Waals surface area contributed by atoms with Crippen LogP contribution in [-0.2, 0) is 4.74 Å². The van der Waals surface area contributed by atoms with E-state index in [0.717, 1.165) is 23.0 Å². The Balaban J connectivity index is 2.36. The fourth-order valence-electron chi connectivity index (χ4n) is 2.44. The third kappa shape index (κ3) is 2.84. The first-order chi connectivity index (χ1) is 9.08. The summed E-state index contributed by atoms with van der Waals surface area (Å²) >= 11 is 3.06. The Bertz CT molecular complexity index is 473. The van der Waals surface area contributed by atoms with Crippen LogP contribution in [0, 0.1) is 5.92 Å². The van der Waals surface area contributed by atoms with Gasteiger partial charge in [-0.2, -0.15) is 0 Å². The number of esters is 1. The highest BCUT2D eigenvalue weighted by Crippen LogP contribution is 2.45. The summed E-state index contributed by atoms with van der Waals surface area (Å²) in [5, 5.41) is 1.12. The van der Waals surface area contributed by atoms with Crippen molar-refractivity contribution in [3.05, 3.63) is 4.88 Å². The van der Waals surface area contributed by atoms with Crippen LogP contribution in [0.1, 0.15) is 29.4 Å². The highest BCUT2D eigenvalue weighted by Gasteiger charge is 2.26. The molecule has 1 fully saturated rings. The number of ether oxygens (including phenoxy) is 1. The third-order valence-corrected chi connectivity index (χ3v) is 5.60. The molecular weight excluding hydrogens is 280 g/mol. The summed E-state index contributed by atoms with van der Waals surface area (Å²) in [6.07, 6.45) is 4.46. The number of anilines is 2. The summed E-state index contributed by atoms with van der Waals surface area (Å²) in [6, 6.07) is 0. The van der Waals surface area contributed by atoms with E-state index in [0.29, 0.717) is 16.5 Å². The van der Waals surface area contributed by atoms with Crippen molar-refractivity contribution in [3.63, 3.8) is 0 Å². The van der Waals surface area contributed by atoms with Crippen molar-refractivity contribution in [1.82, 2.24) is 0 Å². The molecule has 0 radical (unpaired) electrons. The quantitative estimate of drug-likeness (QED) is 0.687. The minimum Gasteiger partial charge on any atom is -0.465 e. The van der Waals surface area contributed by atoms with Gasteiger partial charge in [-0.1, -0.05) is 6.92 Å². The molecular formula is C13H20N2O2S2. The van der Waals surface area contributed by atoms with Gasteiger partial charge < -0.3 is 15.4 Å². The van der Waals surface area contributed by atoms with E-state index in [1.54, 1.807) is 11.8 Å². The van der Waals surface area contributed by atoms with E-state index in [1.807, 2.05) is 6.26 Å². The first-order valence-corrected chi connectivity index (χ1v) is 8.42. The second-order valence-corrected chi connectivity index (χ2v) is 6.68. The van der Waals surface area contributed by atoms with E-state index in [9.17, 15) is 4.79 Å². The van der Waals surface area contributed by atoms with Crippen LogP contribution in [-0.4, -0.2) is 32.4 Å². The van der Waals surface area contributed by atoms with Crippen LogP contribution in [0.2, 0.25) is 0 Å². The number of thiophene rings is 1. The van der Waals surface area contributed by atoms with Gasteiger partial charge in [0.25, 0.3) is 0 Å². The van der Waals surface area contributed by atoms with Crippen molar-refractivity contribution in [2.24, 2.45) is 5.92 Å². The predicted octanol–water partition coefficient (Wildman–Crippen LogP) is 3.08. The lowest BCUT2D eigenvalue weighted by Gasteiger charge is -2.32. The van der Waals surface area contributed by atoms with Crippen molar-refractivity contribution in [1.29, 1.82) is 0 Å². The standard InChI is InChI=1S/C13H20N2O2S2/c1-8-5-4-6-15(7-8)12-10(18-3)9(14)11(19-12)13(16)17-2/h8H,4-7,14H2,1-3H3. The number of nitrogens with two attached hydrogens (primary N) is 1. The number of hydrogen-bond donors (Lipinski definition) is 1. The molecule has 19 heavy (non-hydrogen) atoms. The molecule has 1 atom stereocenters. The van der Waals surface area contributed by atoms with Crippen LogP contribution in [0.5, 0.6) is 0 Å². The number of nitrogen functional groups attached to an aromatic ring is 1. The average molecular weight is 300 g/mol. The molecule has 1 aliphatic rings. The number of rotatable bonds is 3. The molecule has 1 saturated heterocycles. The van der Waals surface area contributed by atoms with Crippen LogP contribution < -0.4 is 10.6 Å². The van der Waals surface area contributed by atoms with Gasteiger partial charge in [-0.3, -0.25) is 0 Å². The largest absolute Gasteiger partial charge is 0.465 e. The van der Waals surface area contributed by atoms with E-state index in [1.165, 1.54) is 31.3 Å². The van der Waals surface area contributed by atoms with Crippen LogP contribution in [0.3, 0.4) is 0 Å². The molecule has 0 amide bonds. The van der Waals surface area contributed by atoms with Gasteiger partial charge in [0, 0.05) is 13.1 Å². The number of carbonyl (C=O) groups is 1. The van der Waals surface area contributed by atoms with Crippen molar-refractivity contribution >= 4 is 39.8 Å². The Kier molecular flexibility index (Phi) is 4.62. The second kappa shape index (κ2) is 6.05. The van der Waals surface area contributed by atoms with Gasteiger partial charge in [0.2, 0.25) is 0 Å². The Morgan fingerprint density at radius 2 is 2.32 bits per heavy atom.